The SMILES string of the molecule is CC(C)C[C@@H]1NC(=O)C[C@@H](C(=O)O)NC(=O)c2ccccc2OCCCNC(=O)[C@H](Cc2ccccc2)NC1=O. The normalized spacial score (nSPS) is 21.4. The third-order valence-electron chi connectivity index (χ3n) is 6.28. The number of para-hydroxylation sites is 1. The molecule has 2 aromatic rings. The average molecular weight is 553 g/mol. The van der Waals surface area contributed by atoms with E-state index < -0.39 is 54.1 Å². The zero-order chi connectivity index (χ0) is 29.1. The second kappa shape index (κ2) is 14.7. The monoisotopic (exact) mass is 552 g/mol. The number of fused-ring (bicyclic) bond motifs is 1. The molecular formula is C29H36N4O7. The van der Waals surface area contributed by atoms with Gasteiger partial charge in [-0.15, -0.1) is 0 Å². The summed E-state index contributed by atoms with van der Waals surface area (Å²) in [6.45, 7) is 4.17. The van der Waals surface area contributed by atoms with Crippen molar-refractivity contribution >= 4 is 29.6 Å². The van der Waals surface area contributed by atoms with Gasteiger partial charge in [-0.2, -0.15) is 0 Å². The van der Waals surface area contributed by atoms with Gasteiger partial charge >= 0.3 is 5.97 Å². The van der Waals surface area contributed by atoms with E-state index in [1.165, 1.54) is 6.07 Å². The van der Waals surface area contributed by atoms with E-state index in [0.29, 0.717) is 6.42 Å². The van der Waals surface area contributed by atoms with Crippen LogP contribution in [0.5, 0.6) is 5.75 Å². The summed E-state index contributed by atoms with van der Waals surface area (Å²) in [7, 11) is 0. The van der Waals surface area contributed by atoms with Crippen LogP contribution >= 0.6 is 0 Å². The van der Waals surface area contributed by atoms with Crippen molar-refractivity contribution in [3.05, 3.63) is 65.7 Å². The van der Waals surface area contributed by atoms with Crippen molar-refractivity contribution in [1.29, 1.82) is 0 Å². The van der Waals surface area contributed by atoms with E-state index in [0.717, 1.165) is 5.56 Å². The molecule has 1 aliphatic rings. The summed E-state index contributed by atoms with van der Waals surface area (Å²) in [6.07, 6.45) is 0.307. The lowest BCUT2D eigenvalue weighted by Gasteiger charge is -2.25. The van der Waals surface area contributed by atoms with Gasteiger partial charge in [-0.1, -0.05) is 56.3 Å². The Morgan fingerprint density at radius 2 is 1.62 bits per heavy atom. The molecular weight excluding hydrogens is 516 g/mol. The highest BCUT2D eigenvalue weighted by Gasteiger charge is 2.30. The van der Waals surface area contributed by atoms with Crippen LogP contribution in [0.4, 0.5) is 0 Å². The third-order valence-corrected chi connectivity index (χ3v) is 6.28. The molecule has 4 amide bonds. The molecule has 3 rings (SSSR count). The minimum absolute atomic E-state index is 0.00165. The Balaban J connectivity index is 1.89. The number of carboxylic acid groups (broad SMARTS) is 1. The van der Waals surface area contributed by atoms with Crippen molar-refractivity contribution in [2.45, 2.75) is 57.7 Å². The van der Waals surface area contributed by atoms with Gasteiger partial charge < -0.3 is 31.1 Å². The number of carboxylic acids is 1. The second-order valence-corrected chi connectivity index (χ2v) is 10.1. The quantitative estimate of drug-likeness (QED) is 0.375. The molecule has 214 valence electrons. The number of carbonyl (C=O) groups is 5. The molecule has 3 atom stereocenters. The topological polar surface area (TPSA) is 163 Å². The van der Waals surface area contributed by atoms with Crippen LogP contribution in [-0.2, 0) is 25.6 Å². The number of amides is 4. The molecule has 11 heteroatoms. The smallest absolute Gasteiger partial charge is 0.326 e. The van der Waals surface area contributed by atoms with Gasteiger partial charge in [-0.3, -0.25) is 19.2 Å². The zero-order valence-corrected chi connectivity index (χ0v) is 22.6. The van der Waals surface area contributed by atoms with Gasteiger partial charge in [-0.25, -0.2) is 4.79 Å². The molecule has 0 saturated heterocycles. The Bertz CT molecular complexity index is 1200. The number of carbonyl (C=O) groups excluding carboxylic acids is 4. The van der Waals surface area contributed by atoms with Crippen LogP contribution in [0.2, 0.25) is 0 Å². The summed E-state index contributed by atoms with van der Waals surface area (Å²) in [6, 6.07) is 12.1. The van der Waals surface area contributed by atoms with E-state index in [1.54, 1.807) is 18.2 Å². The zero-order valence-electron chi connectivity index (χ0n) is 22.6. The maximum absolute atomic E-state index is 13.3. The number of benzene rings is 2. The fourth-order valence-corrected chi connectivity index (χ4v) is 4.28. The van der Waals surface area contributed by atoms with Crippen LogP contribution in [0.1, 0.15) is 49.0 Å². The first-order chi connectivity index (χ1) is 19.1. The molecule has 1 aliphatic heterocycles. The summed E-state index contributed by atoms with van der Waals surface area (Å²) in [5.41, 5.74) is 0.953. The molecule has 5 N–H and O–H groups in total. The molecule has 0 saturated carbocycles. The Morgan fingerprint density at radius 1 is 0.925 bits per heavy atom. The molecule has 0 aromatic heterocycles. The standard InChI is InChI=1S/C29H36N4O7/c1-18(2)15-21-28(37)32-22(16-19-9-4-3-5-10-19)27(36)30-13-8-14-40-24-12-7-6-11-20(24)26(35)33-23(29(38)39)17-25(34)31-21/h3-7,9-12,18,21-23H,8,13-17H2,1-2H3,(H,30,36)(H,31,34)(H,32,37)(H,33,35)(H,38,39)/t21-,22-,23-/m0/s1. The van der Waals surface area contributed by atoms with Gasteiger partial charge in [0.2, 0.25) is 17.7 Å². The predicted octanol–water partition coefficient (Wildman–Crippen LogP) is 1.42. The number of ether oxygens (including phenoxy) is 1. The summed E-state index contributed by atoms with van der Waals surface area (Å²) >= 11 is 0. The van der Waals surface area contributed by atoms with Gasteiger partial charge in [0.15, 0.2) is 0 Å². The molecule has 0 radical (unpaired) electrons. The minimum atomic E-state index is -1.54. The summed E-state index contributed by atoms with van der Waals surface area (Å²) in [5, 5.41) is 20.3. The lowest BCUT2D eigenvalue weighted by Crippen LogP contribution is -2.55. The number of hydrogen-bond acceptors (Lipinski definition) is 6. The maximum atomic E-state index is 13.3. The van der Waals surface area contributed by atoms with Crippen LogP contribution in [0, 0.1) is 5.92 Å². The highest BCUT2D eigenvalue weighted by molar-refractivity contribution is 6.00. The van der Waals surface area contributed by atoms with Gasteiger partial charge in [0, 0.05) is 13.0 Å². The Kier molecular flexibility index (Phi) is 11.0. The van der Waals surface area contributed by atoms with E-state index in [2.05, 4.69) is 21.3 Å². The van der Waals surface area contributed by atoms with Gasteiger partial charge in [0.1, 0.15) is 23.9 Å². The van der Waals surface area contributed by atoms with Crippen molar-refractivity contribution in [2.24, 2.45) is 5.92 Å². The summed E-state index contributed by atoms with van der Waals surface area (Å²) in [5.74, 6) is -3.56. The lowest BCUT2D eigenvalue weighted by atomic mass is 10.0. The van der Waals surface area contributed by atoms with Crippen molar-refractivity contribution in [3.8, 4) is 5.75 Å². The van der Waals surface area contributed by atoms with Crippen LogP contribution < -0.4 is 26.0 Å². The van der Waals surface area contributed by atoms with Crippen molar-refractivity contribution in [3.63, 3.8) is 0 Å². The maximum Gasteiger partial charge on any atom is 0.326 e. The first-order valence-corrected chi connectivity index (χ1v) is 13.3. The number of aliphatic carboxylic acids is 1. The summed E-state index contributed by atoms with van der Waals surface area (Å²) < 4.78 is 5.74. The first kappa shape index (κ1) is 30.1. The van der Waals surface area contributed by atoms with E-state index in [9.17, 15) is 29.1 Å². The minimum Gasteiger partial charge on any atom is -0.493 e. The average Bonchev–Trinajstić information content (AvgIpc) is 2.91. The first-order valence-electron chi connectivity index (χ1n) is 13.3. The third kappa shape index (κ3) is 9.11. The van der Waals surface area contributed by atoms with Crippen LogP contribution in [0.25, 0.3) is 0 Å². The fourth-order valence-electron chi connectivity index (χ4n) is 4.28. The largest absolute Gasteiger partial charge is 0.493 e. The van der Waals surface area contributed by atoms with Crippen LogP contribution in [-0.4, -0.2) is 66.0 Å². The molecule has 11 nitrogen and oxygen atoms in total. The Labute approximate surface area is 233 Å². The molecule has 40 heavy (non-hydrogen) atoms. The Hall–Kier alpha value is -4.41. The van der Waals surface area contributed by atoms with Gasteiger partial charge in [0.05, 0.1) is 18.6 Å². The molecule has 0 aliphatic carbocycles. The number of nitrogens with one attached hydrogen (secondary N) is 4. The molecule has 0 fully saturated rings. The van der Waals surface area contributed by atoms with E-state index in [1.807, 2.05) is 44.2 Å². The van der Waals surface area contributed by atoms with Gasteiger partial charge in [-0.05, 0) is 36.5 Å². The van der Waals surface area contributed by atoms with Crippen LogP contribution in [0.3, 0.4) is 0 Å². The molecule has 1 heterocycles. The van der Waals surface area contributed by atoms with Gasteiger partial charge in [0.25, 0.3) is 5.91 Å². The molecule has 0 bridgehead atoms. The van der Waals surface area contributed by atoms with Crippen LogP contribution in [0.15, 0.2) is 54.6 Å². The fraction of sp³-hybridized carbons (Fsp3) is 0.414. The van der Waals surface area contributed by atoms with E-state index in [-0.39, 0.29) is 43.2 Å². The van der Waals surface area contributed by atoms with E-state index in [4.69, 9.17) is 4.74 Å². The van der Waals surface area contributed by atoms with Crippen molar-refractivity contribution in [2.75, 3.05) is 13.2 Å². The van der Waals surface area contributed by atoms with E-state index >= 15 is 0 Å². The lowest BCUT2D eigenvalue weighted by molar-refractivity contribution is -0.141. The summed E-state index contributed by atoms with van der Waals surface area (Å²) in [4.78, 5) is 64.2. The molecule has 0 unspecified atom stereocenters. The highest BCUT2D eigenvalue weighted by atomic mass is 16.5. The molecule has 0 spiro atoms. The highest BCUT2D eigenvalue weighted by Crippen LogP contribution is 2.18. The van der Waals surface area contributed by atoms with Crippen molar-refractivity contribution in [1.82, 2.24) is 21.3 Å². The number of hydrogen-bond donors (Lipinski definition) is 5. The Morgan fingerprint density at radius 3 is 2.33 bits per heavy atom. The predicted molar refractivity (Wildman–Crippen MR) is 147 cm³/mol. The second-order valence-electron chi connectivity index (χ2n) is 10.1. The number of rotatable bonds is 5. The van der Waals surface area contributed by atoms with Crippen molar-refractivity contribution < 1.29 is 33.8 Å². The molecule has 2 aromatic carbocycles.